The van der Waals surface area contributed by atoms with Crippen LogP contribution in [0.3, 0.4) is 0 Å². The first kappa shape index (κ1) is 45.1. The fourth-order valence-electron chi connectivity index (χ4n) is 8.48. The third-order valence-electron chi connectivity index (χ3n) is 12.5. The van der Waals surface area contributed by atoms with Gasteiger partial charge in [-0.3, -0.25) is 9.59 Å². The van der Waals surface area contributed by atoms with E-state index in [1.165, 1.54) is 14.0 Å². The zero-order valence-electron chi connectivity index (χ0n) is 33.9. The fraction of sp³-hybridized carbons (Fsp3) is 0.947. The molecule has 52 heavy (non-hydrogen) atoms. The van der Waals surface area contributed by atoms with Crippen molar-refractivity contribution in [2.24, 2.45) is 29.6 Å². The topological polar surface area (TPSA) is 183 Å². The van der Waals surface area contributed by atoms with Crippen LogP contribution in [0.15, 0.2) is 0 Å². The van der Waals surface area contributed by atoms with E-state index in [0.29, 0.717) is 6.42 Å². The Morgan fingerprint density at radius 2 is 1.46 bits per heavy atom. The molecule has 0 aromatic carbocycles. The van der Waals surface area contributed by atoms with Crippen molar-refractivity contribution in [2.75, 3.05) is 28.3 Å². The van der Waals surface area contributed by atoms with Crippen molar-refractivity contribution in [3.63, 3.8) is 0 Å². The molecule has 4 N–H and O–H groups in total. The van der Waals surface area contributed by atoms with E-state index < -0.39 is 102 Å². The zero-order valence-corrected chi connectivity index (χ0v) is 33.9. The van der Waals surface area contributed by atoms with Crippen LogP contribution in [-0.2, 0) is 42.7 Å². The summed E-state index contributed by atoms with van der Waals surface area (Å²) in [7, 11) is 6.80. The molecular weight excluding hydrogens is 678 g/mol. The molecule has 0 spiro atoms. The maximum Gasteiger partial charge on any atom is 0.311 e. The van der Waals surface area contributed by atoms with Crippen molar-refractivity contribution in [1.82, 2.24) is 4.90 Å². The minimum absolute atomic E-state index is 0.104. The summed E-state index contributed by atoms with van der Waals surface area (Å²) in [6.45, 7) is 17.2. The largest absolute Gasteiger partial charge is 0.459 e. The highest BCUT2D eigenvalue weighted by atomic mass is 16.7. The summed E-state index contributed by atoms with van der Waals surface area (Å²) >= 11 is 0. The molecular formula is C38H69NO13. The summed E-state index contributed by atoms with van der Waals surface area (Å²) in [4.78, 5) is 30.1. The van der Waals surface area contributed by atoms with Crippen LogP contribution in [0.25, 0.3) is 0 Å². The lowest BCUT2D eigenvalue weighted by atomic mass is 9.74. The number of aliphatic hydroxyl groups is 4. The number of ether oxygens (including phenoxy) is 7. The molecule has 14 nitrogen and oxygen atoms in total. The predicted molar refractivity (Wildman–Crippen MR) is 191 cm³/mol. The van der Waals surface area contributed by atoms with Crippen LogP contribution in [0.2, 0.25) is 0 Å². The molecule has 3 fully saturated rings. The Balaban J connectivity index is 2.22. The molecule has 5 unspecified atom stereocenters. The number of carbonyl (C=O) groups excluding carboxylic acids is 2. The van der Waals surface area contributed by atoms with E-state index in [0.717, 1.165) is 0 Å². The van der Waals surface area contributed by atoms with Crippen molar-refractivity contribution in [1.29, 1.82) is 0 Å². The van der Waals surface area contributed by atoms with E-state index in [9.17, 15) is 30.0 Å². The van der Waals surface area contributed by atoms with Gasteiger partial charge in [0.05, 0.1) is 41.5 Å². The highest BCUT2D eigenvalue weighted by molar-refractivity contribution is 5.83. The Morgan fingerprint density at radius 1 is 0.865 bits per heavy atom. The molecule has 3 saturated heterocycles. The van der Waals surface area contributed by atoms with Crippen LogP contribution in [0, 0.1) is 29.6 Å². The molecule has 3 heterocycles. The maximum absolute atomic E-state index is 14.2. The Labute approximate surface area is 310 Å². The van der Waals surface area contributed by atoms with Gasteiger partial charge >= 0.3 is 5.97 Å². The van der Waals surface area contributed by atoms with Crippen molar-refractivity contribution in [3.8, 4) is 0 Å². The molecule has 3 aliphatic heterocycles. The van der Waals surface area contributed by atoms with Crippen molar-refractivity contribution in [2.45, 2.75) is 173 Å². The predicted octanol–water partition coefficient (Wildman–Crippen LogP) is 2.64. The molecule has 0 aromatic heterocycles. The van der Waals surface area contributed by atoms with Gasteiger partial charge in [-0.05, 0) is 68.0 Å². The minimum atomic E-state index is -1.97. The average Bonchev–Trinajstić information content (AvgIpc) is 3.09. The molecule has 18 atom stereocenters. The molecule has 0 radical (unpaired) electrons. The third kappa shape index (κ3) is 9.38. The van der Waals surface area contributed by atoms with Crippen LogP contribution >= 0.6 is 0 Å². The van der Waals surface area contributed by atoms with Gasteiger partial charge in [0.2, 0.25) is 0 Å². The minimum Gasteiger partial charge on any atom is -0.459 e. The number of methoxy groups -OCH3 is 2. The molecule has 3 rings (SSSR count). The second-order valence-electron chi connectivity index (χ2n) is 16.7. The van der Waals surface area contributed by atoms with E-state index in [4.69, 9.17) is 33.2 Å². The molecule has 0 aromatic rings. The highest BCUT2D eigenvalue weighted by Crippen LogP contribution is 2.42. The molecule has 0 bridgehead atoms. The first-order valence-corrected chi connectivity index (χ1v) is 18.9. The number of carbonyl (C=O) groups is 2. The van der Waals surface area contributed by atoms with E-state index >= 15 is 0 Å². The second kappa shape index (κ2) is 17.7. The fourth-order valence-corrected chi connectivity index (χ4v) is 8.48. The number of esters is 1. The average molecular weight is 748 g/mol. The number of cyclic esters (lactones) is 1. The summed E-state index contributed by atoms with van der Waals surface area (Å²) in [5, 5.41) is 45.5. The van der Waals surface area contributed by atoms with Gasteiger partial charge in [0, 0.05) is 50.4 Å². The van der Waals surface area contributed by atoms with Gasteiger partial charge in [-0.1, -0.05) is 34.6 Å². The number of hydrogen-bond donors (Lipinski definition) is 4. The Morgan fingerprint density at radius 3 is 2.00 bits per heavy atom. The van der Waals surface area contributed by atoms with Crippen molar-refractivity contribution < 1.29 is 63.2 Å². The van der Waals surface area contributed by atoms with Crippen LogP contribution in [-0.4, -0.2) is 144 Å². The lowest BCUT2D eigenvalue weighted by Gasteiger charge is -2.50. The summed E-state index contributed by atoms with van der Waals surface area (Å²) in [6.07, 6.45) is -8.42. The van der Waals surface area contributed by atoms with Gasteiger partial charge < -0.3 is 58.5 Å². The van der Waals surface area contributed by atoms with Gasteiger partial charge in [0.1, 0.15) is 23.6 Å². The molecule has 3 aliphatic rings. The number of rotatable bonds is 8. The Hall–Kier alpha value is -1.30. The smallest absolute Gasteiger partial charge is 0.311 e. The number of nitrogens with zero attached hydrogens (tertiary/aromatic N) is 1. The molecule has 14 heteroatoms. The van der Waals surface area contributed by atoms with Gasteiger partial charge in [-0.15, -0.1) is 0 Å². The van der Waals surface area contributed by atoms with E-state index in [-0.39, 0.29) is 37.2 Å². The normalized spacial score (nSPS) is 49.0. The van der Waals surface area contributed by atoms with Crippen LogP contribution < -0.4 is 0 Å². The standard InChI is InChI=1S/C38H69NO13/c1-15-26-38(10,45)31(42)21(4)28(40)19(2)17-37(9,47-14)32(52-35-29(41)25(39(11)12)16-20(3)48-35)22(5)30(23(6)33(43)49-26)50-27-18-36(8,46-13)24(7)34(44)51-27/h19-27,29-32,34-35,41-42,44-45H,15-18H2,1-14H3/t19-,20-,21+,22+,23-,24?,25+,26-,27?,29-,30+,31-,32-,34?,35?,36?,37+,38-/m1/s1. The Bertz CT molecular complexity index is 1190. The Kier molecular flexibility index (Phi) is 15.3. The van der Waals surface area contributed by atoms with Crippen LogP contribution in [0.1, 0.15) is 94.9 Å². The lowest BCUT2D eigenvalue weighted by Crippen LogP contribution is -2.61. The van der Waals surface area contributed by atoms with Gasteiger partial charge in [-0.25, -0.2) is 0 Å². The summed E-state index contributed by atoms with van der Waals surface area (Å²) in [5.74, 6) is -4.93. The highest BCUT2D eigenvalue weighted by Gasteiger charge is 2.54. The SMILES string of the molecule is CC[C@H]1OC(=O)[C@H](C)[C@@H](OC2CC(C)(OC)C(C)C(O)O2)[C@H](C)[C@@H](OC2O[C@H](C)C[C@H](N(C)C)[C@H]2O)[C@@](C)(OC)C[C@@H](C)C(=O)[C@H](C)[C@@H](O)[C@]1(C)O. The van der Waals surface area contributed by atoms with Gasteiger partial charge in [0.25, 0.3) is 0 Å². The first-order valence-electron chi connectivity index (χ1n) is 18.9. The van der Waals surface area contributed by atoms with E-state index in [2.05, 4.69) is 0 Å². The summed E-state index contributed by atoms with van der Waals surface area (Å²) < 4.78 is 43.7. The molecule has 0 aliphatic carbocycles. The monoisotopic (exact) mass is 747 g/mol. The van der Waals surface area contributed by atoms with Crippen LogP contribution in [0.5, 0.6) is 0 Å². The van der Waals surface area contributed by atoms with Crippen molar-refractivity contribution >= 4 is 11.8 Å². The lowest BCUT2D eigenvalue weighted by molar-refractivity contribution is -0.337. The van der Waals surface area contributed by atoms with E-state index in [1.54, 1.807) is 41.7 Å². The first-order chi connectivity index (χ1) is 24.0. The maximum atomic E-state index is 14.2. The van der Waals surface area contributed by atoms with Gasteiger partial charge in [0.15, 0.2) is 18.9 Å². The summed E-state index contributed by atoms with van der Waals surface area (Å²) in [6, 6.07) is -0.287. The number of hydrogen-bond acceptors (Lipinski definition) is 14. The number of likely N-dealkylation sites (N-methyl/N-ethyl adjacent to an activating group) is 1. The number of aliphatic hydroxyl groups excluding tert-OH is 3. The van der Waals surface area contributed by atoms with Gasteiger partial charge in [-0.2, -0.15) is 0 Å². The number of ketones is 1. The summed E-state index contributed by atoms with van der Waals surface area (Å²) in [5.41, 5.74) is -4.06. The molecule has 304 valence electrons. The quantitative estimate of drug-likeness (QED) is 0.266. The molecule has 0 amide bonds. The second-order valence-corrected chi connectivity index (χ2v) is 16.7. The number of Topliss-reactive ketones (excluding diaryl/α,β-unsaturated/α-hetero) is 1. The molecule has 0 saturated carbocycles. The zero-order chi connectivity index (χ0) is 39.7. The third-order valence-corrected chi connectivity index (χ3v) is 12.5. The van der Waals surface area contributed by atoms with Crippen LogP contribution in [0.4, 0.5) is 0 Å². The van der Waals surface area contributed by atoms with E-state index in [1.807, 2.05) is 46.7 Å². The van der Waals surface area contributed by atoms with Crippen molar-refractivity contribution in [3.05, 3.63) is 0 Å².